The van der Waals surface area contributed by atoms with Crippen LogP contribution in [0.3, 0.4) is 0 Å². The van der Waals surface area contributed by atoms with Gasteiger partial charge in [-0.3, -0.25) is 0 Å². The standard InChI is InChI=1S/C20H32O/c1-14(2)18-10-9-17-8-7-16(4)19(21)11-6-15(3)12-13-20(17,18)5/h6-7,9,14,18-19,21H,8,10-13H2,1-5H3/b15-6+,16-7-/t18-,19+,20+/m0/s1. The van der Waals surface area contributed by atoms with Gasteiger partial charge in [0, 0.05) is 0 Å². The summed E-state index contributed by atoms with van der Waals surface area (Å²) in [7, 11) is 0. The van der Waals surface area contributed by atoms with E-state index in [-0.39, 0.29) is 6.10 Å². The molecular weight excluding hydrogens is 256 g/mol. The Hall–Kier alpha value is -0.820. The second-order valence-electron chi connectivity index (χ2n) is 7.69. The predicted molar refractivity (Wildman–Crippen MR) is 91.1 cm³/mol. The molecule has 0 saturated carbocycles. The van der Waals surface area contributed by atoms with E-state index in [0.29, 0.717) is 5.41 Å². The third-order valence-corrected chi connectivity index (χ3v) is 5.87. The van der Waals surface area contributed by atoms with Gasteiger partial charge in [-0.25, -0.2) is 0 Å². The Morgan fingerprint density at radius 1 is 1.14 bits per heavy atom. The van der Waals surface area contributed by atoms with Gasteiger partial charge in [-0.05, 0) is 68.8 Å². The van der Waals surface area contributed by atoms with Crippen molar-refractivity contribution in [2.75, 3.05) is 0 Å². The Bertz CT molecular complexity index is 466. The Morgan fingerprint density at radius 2 is 1.86 bits per heavy atom. The normalized spacial score (nSPS) is 39.7. The zero-order chi connectivity index (χ0) is 15.6. The Balaban J connectivity index is 2.32. The average Bonchev–Trinajstić information content (AvgIpc) is 2.76. The van der Waals surface area contributed by atoms with Crippen LogP contribution in [0.1, 0.15) is 66.7 Å². The molecule has 0 aromatic heterocycles. The zero-order valence-corrected chi connectivity index (χ0v) is 14.4. The van der Waals surface area contributed by atoms with Crippen LogP contribution in [0.5, 0.6) is 0 Å². The van der Waals surface area contributed by atoms with Gasteiger partial charge in [-0.15, -0.1) is 0 Å². The number of aliphatic hydroxyl groups is 1. The third-order valence-electron chi connectivity index (χ3n) is 5.87. The molecule has 0 radical (unpaired) electrons. The molecule has 0 saturated heterocycles. The molecule has 0 aliphatic heterocycles. The van der Waals surface area contributed by atoms with E-state index in [9.17, 15) is 5.11 Å². The van der Waals surface area contributed by atoms with Gasteiger partial charge in [0.05, 0.1) is 6.10 Å². The maximum atomic E-state index is 10.2. The quantitative estimate of drug-likeness (QED) is 0.638. The molecule has 1 N–H and O–H groups in total. The third kappa shape index (κ3) is 3.51. The van der Waals surface area contributed by atoms with Crippen LogP contribution < -0.4 is 0 Å². The van der Waals surface area contributed by atoms with E-state index in [1.807, 2.05) is 0 Å². The maximum absolute atomic E-state index is 10.2. The van der Waals surface area contributed by atoms with Crippen LogP contribution >= 0.6 is 0 Å². The lowest BCUT2D eigenvalue weighted by molar-refractivity contribution is 0.183. The highest BCUT2D eigenvalue weighted by Crippen LogP contribution is 2.52. The summed E-state index contributed by atoms with van der Waals surface area (Å²) in [5.74, 6) is 1.49. The van der Waals surface area contributed by atoms with Crippen molar-refractivity contribution in [1.82, 2.24) is 0 Å². The maximum Gasteiger partial charge on any atom is 0.0782 e. The van der Waals surface area contributed by atoms with Crippen molar-refractivity contribution < 1.29 is 5.11 Å². The number of aliphatic hydroxyl groups excluding tert-OH is 1. The van der Waals surface area contributed by atoms with Crippen LogP contribution in [-0.2, 0) is 0 Å². The molecule has 0 amide bonds. The number of hydrogen-bond donors (Lipinski definition) is 1. The fourth-order valence-electron chi connectivity index (χ4n) is 4.14. The molecule has 2 aliphatic carbocycles. The monoisotopic (exact) mass is 288 g/mol. The molecule has 1 heteroatoms. The summed E-state index contributed by atoms with van der Waals surface area (Å²) in [6.45, 7) is 11.5. The lowest BCUT2D eigenvalue weighted by Gasteiger charge is -2.38. The first-order valence-corrected chi connectivity index (χ1v) is 8.54. The highest BCUT2D eigenvalue weighted by Gasteiger charge is 2.41. The molecule has 0 spiro atoms. The van der Waals surface area contributed by atoms with E-state index in [0.717, 1.165) is 36.7 Å². The first-order chi connectivity index (χ1) is 9.84. The van der Waals surface area contributed by atoms with Gasteiger partial charge >= 0.3 is 0 Å². The summed E-state index contributed by atoms with van der Waals surface area (Å²) in [5.41, 5.74) is 4.48. The summed E-state index contributed by atoms with van der Waals surface area (Å²) in [6.07, 6.45) is 12.1. The lowest BCUT2D eigenvalue weighted by atomic mass is 9.67. The fraction of sp³-hybridized carbons (Fsp3) is 0.700. The first-order valence-electron chi connectivity index (χ1n) is 8.54. The number of hydrogen-bond acceptors (Lipinski definition) is 1. The van der Waals surface area contributed by atoms with Gasteiger partial charge in [0.25, 0.3) is 0 Å². The summed E-state index contributed by atoms with van der Waals surface area (Å²) >= 11 is 0. The van der Waals surface area contributed by atoms with Crippen LogP contribution in [0.25, 0.3) is 0 Å². The van der Waals surface area contributed by atoms with Crippen molar-refractivity contribution in [3.8, 4) is 0 Å². The molecule has 0 fully saturated rings. The van der Waals surface area contributed by atoms with E-state index in [1.54, 1.807) is 5.57 Å². The largest absolute Gasteiger partial charge is 0.388 e. The number of allylic oxidation sites excluding steroid dienone is 4. The molecule has 0 aromatic carbocycles. The number of rotatable bonds is 1. The molecule has 21 heavy (non-hydrogen) atoms. The van der Waals surface area contributed by atoms with Gasteiger partial charge in [-0.2, -0.15) is 0 Å². The van der Waals surface area contributed by atoms with Crippen LogP contribution in [0.2, 0.25) is 0 Å². The molecular formula is C20H32O. The fourth-order valence-corrected chi connectivity index (χ4v) is 4.14. The van der Waals surface area contributed by atoms with Crippen molar-refractivity contribution in [2.45, 2.75) is 72.8 Å². The minimum Gasteiger partial charge on any atom is -0.388 e. The second-order valence-corrected chi connectivity index (χ2v) is 7.69. The first kappa shape index (κ1) is 16.5. The Labute approximate surface area is 130 Å². The Kier molecular flexibility index (Phi) is 5.14. The zero-order valence-electron chi connectivity index (χ0n) is 14.4. The van der Waals surface area contributed by atoms with E-state index in [1.165, 1.54) is 18.4 Å². The van der Waals surface area contributed by atoms with Gasteiger partial charge in [0.1, 0.15) is 0 Å². The SMILES string of the molecule is C/C1=C/CC2=CC[C@@H](C(C)C)[C@]2(C)CC/C(C)=C/C[C@H]1O. The molecule has 0 unspecified atom stereocenters. The van der Waals surface area contributed by atoms with Crippen LogP contribution in [0.15, 0.2) is 34.9 Å². The summed E-state index contributed by atoms with van der Waals surface area (Å²) in [6, 6.07) is 0. The predicted octanol–water partition coefficient (Wildman–Crippen LogP) is 5.42. The van der Waals surface area contributed by atoms with Crippen LogP contribution in [0, 0.1) is 17.3 Å². The van der Waals surface area contributed by atoms with Crippen molar-refractivity contribution in [3.63, 3.8) is 0 Å². The van der Waals surface area contributed by atoms with Gasteiger partial charge < -0.3 is 5.11 Å². The van der Waals surface area contributed by atoms with Crippen molar-refractivity contribution in [1.29, 1.82) is 0 Å². The van der Waals surface area contributed by atoms with E-state index >= 15 is 0 Å². The smallest absolute Gasteiger partial charge is 0.0782 e. The van der Waals surface area contributed by atoms with Gasteiger partial charge in [0.2, 0.25) is 0 Å². The van der Waals surface area contributed by atoms with Crippen LogP contribution in [0.4, 0.5) is 0 Å². The summed E-state index contributed by atoms with van der Waals surface area (Å²) in [5, 5.41) is 10.2. The molecule has 0 bridgehead atoms. The van der Waals surface area contributed by atoms with Crippen LogP contribution in [-0.4, -0.2) is 11.2 Å². The molecule has 0 heterocycles. The Morgan fingerprint density at radius 3 is 2.52 bits per heavy atom. The highest BCUT2D eigenvalue weighted by atomic mass is 16.3. The molecule has 2 aliphatic rings. The summed E-state index contributed by atoms with van der Waals surface area (Å²) < 4.78 is 0. The molecule has 3 atom stereocenters. The lowest BCUT2D eigenvalue weighted by Crippen LogP contribution is -2.29. The second kappa shape index (κ2) is 6.52. The molecule has 1 nitrogen and oxygen atoms in total. The van der Waals surface area contributed by atoms with E-state index in [2.05, 4.69) is 52.8 Å². The van der Waals surface area contributed by atoms with Crippen molar-refractivity contribution in [2.24, 2.45) is 17.3 Å². The van der Waals surface area contributed by atoms with Gasteiger partial charge in [-0.1, -0.05) is 50.1 Å². The number of fused-ring (bicyclic) bond motifs is 1. The average molecular weight is 288 g/mol. The highest BCUT2D eigenvalue weighted by molar-refractivity contribution is 5.27. The van der Waals surface area contributed by atoms with Gasteiger partial charge in [0.15, 0.2) is 0 Å². The molecule has 118 valence electrons. The van der Waals surface area contributed by atoms with Crippen molar-refractivity contribution >= 4 is 0 Å². The summed E-state index contributed by atoms with van der Waals surface area (Å²) in [4.78, 5) is 0. The minimum atomic E-state index is -0.313. The van der Waals surface area contributed by atoms with E-state index in [4.69, 9.17) is 0 Å². The minimum absolute atomic E-state index is 0.313. The molecule has 2 rings (SSSR count). The molecule has 0 aromatic rings. The van der Waals surface area contributed by atoms with Crippen molar-refractivity contribution in [3.05, 3.63) is 34.9 Å². The topological polar surface area (TPSA) is 20.2 Å². The van der Waals surface area contributed by atoms with E-state index < -0.39 is 0 Å².